The summed E-state index contributed by atoms with van der Waals surface area (Å²) in [6.45, 7) is 3.23. The van der Waals surface area contributed by atoms with E-state index in [2.05, 4.69) is 0 Å². The maximum Gasteiger partial charge on any atom is 0.260 e. The summed E-state index contributed by atoms with van der Waals surface area (Å²) in [5.74, 6) is 1.15. The smallest absolute Gasteiger partial charge is 0.260 e. The topological polar surface area (TPSA) is 64.1 Å². The van der Waals surface area contributed by atoms with E-state index in [0.29, 0.717) is 41.0 Å². The lowest BCUT2D eigenvalue weighted by Gasteiger charge is -2.23. The van der Waals surface area contributed by atoms with Crippen molar-refractivity contribution in [1.82, 2.24) is 9.88 Å². The highest BCUT2D eigenvalue weighted by Gasteiger charge is 2.25. The summed E-state index contributed by atoms with van der Waals surface area (Å²) >= 11 is 1.51. The van der Waals surface area contributed by atoms with Gasteiger partial charge in [0.05, 0.1) is 31.5 Å². The van der Waals surface area contributed by atoms with Crippen LogP contribution in [0.15, 0.2) is 30.3 Å². The third kappa shape index (κ3) is 4.34. The number of amides is 1. The highest BCUT2D eigenvalue weighted by atomic mass is 32.1. The van der Waals surface area contributed by atoms with Crippen LogP contribution in [0.5, 0.6) is 17.2 Å². The molecular formula is C22H27N3O4S. The van der Waals surface area contributed by atoms with Crippen LogP contribution in [-0.2, 0) is 0 Å². The van der Waals surface area contributed by atoms with Crippen LogP contribution in [0, 0.1) is 6.92 Å². The Bertz CT molecular complexity index is 1020. The Morgan fingerprint density at radius 3 is 2.23 bits per heavy atom. The molecule has 0 bridgehead atoms. The average Bonchev–Trinajstić information content (AvgIpc) is 3.17. The molecule has 0 radical (unpaired) electrons. The summed E-state index contributed by atoms with van der Waals surface area (Å²) in [5, 5.41) is 0.667. The second-order valence-electron chi connectivity index (χ2n) is 7.09. The largest absolute Gasteiger partial charge is 0.493 e. The van der Waals surface area contributed by atoms with Crippen LogP contribution in [0.3, 0.4) is 0 Å². The van der Waals surface area contributed by atoms with E-state index in [1.54, 1.807) is 17.0 Å². The standard InChI is InChI=1S/C22H27N3O4S/c1-14-8-7-9-18-19(14)23-22(30-18)25(11-10-24(2)3)21(26)15-12-16(27-4)20(29-6)17(13-15)28-5/h7-9,12-13H,10-11H2,1-6H3. The van der Waals surface area contributed by atoms with E-state index in [1.165, 1.54) is 32.7 Å². The third-order valence-corrected chi connectivity index (χ3v) is 5.81. The quantitative estimate of drug-likeness (QED) is 0.542. The number of methoxy groups -OCH3 is 3. The van der Waals surface area contributed by atoms with E-state index in [4.69, 9.17) is 19.2 Å². The van der Waals surface area contributed by atoms with Crippen molar-refractivity contribution in [2.45, 2.75) is 6.92 Å². The highest BCUT2D eigenvalue weighted by Crippen LogP contribution is 2.39. The molecule has 0 saturated carbocycles. The molecule has 0 atom stereocenters. The van der Waals surface area contributed by atoms with Gasteiger partial charge in [-0.1, -0.05) is 23.5 Å². The Balaban J connectivity index is 2.07. The summed E-state index contributed by atoms with van der Waals surface area (Å²) in [6.07, 6.45) is 0. The molecule has 1 heterocycles. The van der Waals surface area contributed by atoms with E-state index >= 15 is 0 Å². The summed E-state index contributed by atoms with van der Waals surface area (Å²) in [5.41, 5.74) is 2.45. The van der Waals surface area contributed by atoms with Crippen molar-refractivity contribution in [2.75, 3.05) is 53.4 Å². The number of likely N-dealkylation sites (N-methyl/N-ethyl adjacent to an activating group) is 1. The highest BCUT2D eigenvalue weighted by molar-refractivity contribution is 7.22. The lowest BCUT2D eigenvalue weighted by molar-refractivity contribution is 0.0984. The molecule has 0 aliphatic rings. The maximum absolute atomic E-state index is 13.6. The fourth-order valence-electron chi connectivity index (χ4n) is 3.13. The first-order valence-electron chi connectivity index (χ1n) is 9.52. The number of hydrogen-bond acceptors (Lipinski definition) is 7. The fourth-order valence-corrected chi connectivity index (χ4v) is 4.20. The second kappa shape index (κ2) is 9.32. The lowest BCUT2D eigenvalue weighted by Crippen LogP contribution is -2.36. The molecule has 0 N–H and O–H groups in total. The first-order chi connectivity index (χ1) is 14.4. The number of carbonyl (C=O) groups is 1. The number of thiazole rings is 1. The maximum atomic E-state index is 13.6. The molecule has 3 rings (SSSR count). The van der Waals surface area contributed by atoms with Crippen LogP contribution in [0.25, 0.3) is 10.2 Å². The van der Waals surface area contributed by atoms with Crippen LogP contribution in [-0.4, -0.2) is 64.3 Å². The van der Waals surface area contributed by atoms with Crippen molar-refractivity contribution in [1.29, 1.82) is 0 Å². The van der Waals surface area contributed by atoms with Gasteiger partial charge in [0.2, 0.25) is 5.75 Å². The van der Waals surface area contributed by atoms with Gasteiger partial charge in [-0.15, -0.1) is 0 Å². The molecule has 1 aromatic heterocycles. The van der Waals surface area contributed by atoms with Crippen LogP contribution < -0.4 is 19.1 Å². The van der Waals surface area contributed by atoms with Gasteiger partial charge >= 0.3 is 0 Å². The summed E-state index contributed by atoms with van der Waals surface area (Å²) in [7, 11) is 8.56. The Morgan fingerprint density at radius 1 is 1.03 bits per heavy atom. The number of aryl methyl sites for hydroxylation is 1. The van der Waals surface area contributed by atoms with Crippen molar-refractivity contribution >= 4 is 32.6 Å². The van der Waals surface area contributed by atoms with Gasteiger partial charge in [-0.2, -0.15) is 0 Å². The molecule has 0 spiro atoms. The number of para-hydroxylation sites is 1. The van der Waals surface area contributed by atoms with Crippen LogP contribution in [0.2, 0.25) is 0 Å². The molecule has 0 fully saturated rings. The van der Waals surface area contributed by atoms with Crippen molar-refractivity contribution in [3.8, 4) is 17.2 Å². The predicted octanol–water partition coefficient (Wildman–Crippen LogP) is 3.84. The van der Waals surface area contributed by atoms with E-state index in [1.807, 2.05) is 44.1 Å². The zero-order valence-corrected chi connectivity index (χ0v) is 19.0. The van der Waals surface area contributed by atoms with E-state index in [0.717, 1.165) is 15.8 Å². The first-order valence-corrected chi connectivity index (χ1v) is 10.3. The zero-order chi connectivity index (χ0) is 21.8. The van der Waals surface area contributed by atoms with Crippen LogP contribution in [0.4, 0.5) is 5.13 Å². The monoisotopic (exact) mass is 429 g/mol. The molecular weight excluding hydrogens is 402 g/mol. The van der Waals surface area contributed by atoms with E-state index < -0.39 is 0 Å². The first kappa shape index (κ1) is 21.9. The number of fused-ring (bicyclic) bond motifs is 1. The molecule has 0 aliphatic heterocycles. The number of nitrogens with zero attached hydrogens (tertiary/aromatic N) is 3. The zero-order valence-electron chi connectivity index (χ0n) is 18.2. The van der Waals surface area contributed by atoms with Crippen molar-refractivity contribution in [3.63, 3.8) is 0 Å². The number of hydrogen-bond donors (Lipinski definition) is 0. The normalized spacial score (nSPS) is 11.0. The second-order valence-corrected chi connectivity index (χ2v) is 8.10. The summed E-state index contributed by atoms with van der Waals surface area (Å²) < 4.78 is 17.3. The molecule has 1 amide bonds. The van der Waals surface area contributed by atoms with Gasteiger partial charge in [-0.25, -0.2) is 4.98 Å². The lowest BCUT2D eigenvalue weighted by atomic mass is 10.1. The van der Waals surface area contributed by atoms with E-state index in [9.17, 15) is 4.79 Å². The number of anilines is 1. The van der Waals surface area contributed by atoms with Crippen molar-refractivity contribution in [2.24, 2.45) is 0 Å². The number of rotatable bonds is 8. The Kier molecular flexibility index (Phi) is 6.79. The van der Waals surface area contributed by atoms with Crippen LogP contribution >= 0.6 is 11.3 Å². The van der Waals surface area contributed by atoms with Crippen LogP contribution in [0.1, 0.15) is 15.9 Å². The summed E-state index contributed by atoms with van der Waals surface area (Å²) in [6, 6.07) is 9.40. The molecule has 3 aromatic rings. The van der Waals surface area contributed by atoms with Gasteiger partial charge in [-0.05, 0) is 44.8 Å². The molecule has 0 saturated heterocycles. The van der Waals surface area contributed by atoms with Gasteiger partial charge in [0.15, 0.2) is 16.6 Å². The van der Waals surface area contributed by atoms with Gasteiger partial charge in [0.1, 0.15) is 0 Å². The molecule has 0 unspecified atom stereocenters. The summed E-state index contributed by atoms with van der Waals surface area (Å²) in [4.78, 5) is 22.1. The minimum atomic E-state index is -0.173. The van der Waals surface area contributed by atoms with Gasteiger partial charge in [-0.3, -0.25) is 9.69 Å². The molecule has 30 heavy (non-hydrogen) atoms. The Morgan fingerprint density at radius 2 is 1.70 bits per heavy atom. The predicted molar refractivity (Wildman–Crippen MR) is 121 cm³/mol. The molecule has 7 nitrogen and oxygen atoms in total. The number of carbonyl (C=O) groups excluding carboxylic acids is 1. The van der Waals surface area contributed by atoms with Crippen molar-refractivity contribution < 1.29 is 19.0 Å². The Labute approximate surface area is 180 Å². The molecule has 160 valence electrons. The number of benzene rings is 2. The SMILES string of the molecule is COc1cc(C(=O)N(CCN(C)C)c2nc3c(C)cccc3s2)cc(OC)c1OC. The number of ether oxygens (including phenoxy) is 3. The van der Waals surface area contributed by atoms with Gasteiger partial charge in [0, 0.05) is 18.7 Å². The number of aromatic nitrogens is 1. The van der Waals surface area contributed by atoms with Crippen molar-refractivity contribution in [3.05, 3.63) is 41.5 Å². The minimum absolute atomic E-state index is 0.173. The van der Waals surface area contributed by atoms with E-state index in [-0.39, 0.29) is 5.91 Å². The molecule has 2 aromatic carbocycles. The van der Waals surface area contributed by atoms with Gasteiger partial charge < -0.3 is 19.1 Å². The Hall–Kier alpha value is -2.84. The third-order valence-electron chi connectivity index (χ3n) is 4.77. The minimum Gasteiger partial charge on any atom is -0.493 e. The molecule has 0 aliphatic carbocycles. The average molecular weight is 430 g/mol. The van der Waals surface area contributed by atoms with Gasteiger partial charge in [0.25, 0.3) is 5.91 Å². The fraction of sp³-hybridized carbons (Fsp3) is 0.364. The molecule has 8 heteroatoms.